The molecule has 0 bridgehead atoms. The SMILES string of the molecule is O=C(Nc1ccc(OCCCn2ccnc2)cc1)C1C=Nc2cccc(=O)n21. The van der Waals surface area contributed by atoms with E-state index in [9.17, 15) is 9.59 Å². The number of aryl methyl sites for hydroxylation is 1. The zero-order chi connectivity index (χ0) is 19.3. The Hall–Kier alpha value is -3.68. The summed E-state index contributed by atoms with van der Waals surface area (Å²) < 4.78 is 9.08. The molecule has 0 saturated heterocycles. The first-order chi connectivity index (χ1) is 13.7. The fourth-order valence-electron chi connectivity index (χ4n) is 2.98. The van der Waals surface area contributed by atoms with Crippen LogP contribution in [0.3, 0.4) is 0 Å². The molecule has 1 amide bonds. The van der Waals surface area contributed by atoms with E-state index in [-0.39, 0.29) is 11.5 Å². The lowest BCUT2D eigenvalue weighted by atomic mass is 10.2. The van der Waals surface area contributed by atoms with E-state index in [2.05, 4.69) is 15.3 Å². The lowest BCUT2D eigenvalue weighted by molar-refractivity contribution is -0.117. The number of imidazole rings is 1. The van der Waals surface area contributed by atoms with E-state index in [4.69, 9.17) is 4.74 Å². The number of aliphatic imine (C=N–C) groups is 1. The Labute approximate surface area is 161 Å². The van der Waals surface area contributed by atoms with Gasteiger partial charge in [0.1, 0.15) is 11.6 Å². The highest BCUT2D eigenvalue weighted by atomic mass is 16.5. The third-order valence-corrected chi connectivity index (χ3v) is 4.37. The molecule has 1 aliphatic heterocycles. The molecule has 1 unspecified atom stereocenters. The molecule has 1 atom stereocenters. The molecule has 8 nitrogen and oxygen atoms in total. The number of amides is 1. The number of ether oxygens (including phenoxy) is 1. The minimum absolute atomic E-state index is 0.255. The van der Waals surface area contributed by atoms with Crippen LogP contribution in [-0.4, -0.2) is 32.8 Å². The predicted molar refractivity (Wildman–Crippen MR) is 105 cm³/mol. The van der Waals surface area contributed by atoms with E-state index >= 15 is 0 Å². The summed E-state index contributed by atoms with van der Waals surface area (Å²) in [6.45, 7) is 1.43. The summed E-state index contributed by atoms with van der Waals surface area (Å²) in [5, 5.41) is 2.81. The number of nitrogens with zero attached hydrogens (tertiary/aromatic N) is 4. The quantitative estimate of drug-likeness (QED) is 0.640. The van der Waals surface area contributed by atoms with E-state index in [0.717, 1.165) is 18.7 Å². The first-order valence-corrected chi connectivity index (χ1v) is 8.96. The molecule has 0 spiro atoms. The zero-order valence-electron chi connectivity index (χ0n) is 15.1. The molecule has 0 saturated carbocycles. The van der Waals surface area contributed by atoms with Crippen molar-refractivity contribution in [3.05, 3.63) is 71.5 Å². The Balaban J connectivity index is 1.31. The van der Waals surface area contributed by atoms with Crippen LogP contribution in [0, 0.1) is 0 Å². The number of pyridine rings is 1. The summed E-state index contributed by atoms with van der Waals surface area (Å²) in [6, 6.07) is 11.1. The van der Waals surface area contributed by atoms with Gasteiger partial charge in [-0.2, -0.15) is 0 Å². The number of hydrogen-bond acceptors (Lipinski definition) is 5. The molecule has 3 aromatic rings. The van der Waals surface area contributed by atoms with Crippen LogP contribution in [0.15, 0.2) is 71.0 Å². The second-order valence-corrected chi connectivity index (χ2v) is 6.33. The standard InChI is InChI=1S/C20H19N5O3/c26-19-4-1-3-18-22-13-17(25(18)19)20(27)23-15-5-7-16(8-6-15)28-12-2-10-24-11-9-21-14-24/h1,3-9,11,13-14,17H,2,10,12H2,(H,23,27). The van der Waals surface area contributed by atoms with Crippen LogP contribution >= 0.6 is 0 Å². The number of carbonyl (C=O) groups excluding carboxylic acids is 1. The normalized spacial score (nSPS) is 14.6. The van der Waals surface area contributed by atoms with Gasteiger partial charge in [0.15, 0.2) is 6.04 Å². The average Bonchev–Trinajstić information content (AvgIpc) is 3.37. The highest BCUT2D eigenvalue weighted by Crippen LogP contribution is 2.23. The van der Waals surface area contributed by atoms with Gasteiger partial charge in [-0.15, -0.1) is 0 Å². The van der Waals surface area contributed by atoms with Crippen molar-refractivity contribution < 1.29 is 9.53 Å². The van der Waals surface area contributed by atoms with E-state index in [1.54, 1.807) is 48.9 Å². The summed E-state index contributed by atoms with van der Waals surface area (Å²) in [5.41, 5.74) is 0.371. The molecule has 28 heavy (non-hydrogen) atoms. The van der Waals surface area contributed by atoms with Gasteiger partial charge in [0.2, 0.25) is 0 Å². The Morgan fingerprint density at radius 2 is 2.04 bits per heavy atom. The number of anilines is 1. The maximum absolute atomic E-state index is 12.5. The van der Waals surface area contributed by atoms with E-state index in [1.807, 2.05) is 10.8 Å². The van der Waals surface area contributed by atoms with Crippen LogP contribution in [0.5, 0.6) is 5.75 Å². The minimum atomic E-state index is -0.747. The van der Waals surface area contributed by atoms with Crippen molar-refractivity contribution in [2.75, 3.05) is 11.9 Å². The van der Waals surface area contributed by atoms with E-state index in [0.29, 0.717) is 18.1 Å². The fourth-order valence-corrected chi connectivity index (χ4v) is 2.98. The first-order valence-electron chi connectivity index (χ1n) is 8.96. The number of carbonyl (C=O) groups is 1. The fraction of sp³-hybridized carbons (Fsp3) is 0.200. The molecule has 4 rings (SSSR count). The van der Waals surface area contributed by atoms with Crippen molar-refractivity contribution in [3.63, 3.8) is 0 Å². The molecule has 142 valence electrons. The Morgan fingerprint density at radius 1 is 1.18 bits per heavy atom. The van der Waals surface area contributed by atoms with Crippen LogP contribution in [0.4, 0.5) is 11.5 Å². The summed E-state index contributed by atoms with van der Waals surface area (Å²) >= 11 is 0. The van der Waals surface area contributed by atoms with Crippen LogP contribution in [0.25, 0.3) is 0 Å². The number of aromatic nitrogens is 3. The van der Waals surface area contributed by atoms with Crippen molar-refractivity contribution in [2.45, 2.75) is 19.0 Å². The largest absolute Gasteiger partial charge is 0.494 e. The lowest BCUT2D eigenvalue weighted by Crippen LogP contribution is -2.31. The Kier molecular flexibility index (Phi) is 5.01. The van der Waals surface area contributed by atoms with E-state index < -0.39 is 6.04 Å². The van der Waals surface area contributed by atoms with Crippen molar-refractivity contribution in [3.8, 4) is 5.75 Å². The molecule has 1 N–H and O–H groups in total. The second kappa shape index (κ2) is 7.91. The van der Waals surface area contributed by atoms with Crippen molar-refractivity contribution in [2.24, 2.45) is 4.99 Å². The van der Waals surface area contributed by atoms with Gasteiger partial charge in [-0.1, -0.05) is 6.07 Å². The second-order valence-electron chi connectivity index (χ2n) is 6.33. The number of nitrogens with one attached hydrogen (secondary N) is 1. The van der Waals surface area contributed by atoms with Crippen LogP contribution in [-0.2, 0) is 11.3 Å². The topological polar surface area (TPSA) is 90.5 Å². The molecule has 8 heteroatoms. The molecular formula is C20H19N5O3. The van der Waals surface area contributed by atoms with Crippen molar-refractivity contribution in [1.29, 1.82) is 0 Å². The van der Waals surface area contributed by atoms with Crippen molar-refractivity contribution >= 4 is 23.6 Å². The molecule has 3 heterocycles. The monoisotopic (exact) mass is 377 g/mol. The molecule has 0 radical (unpaired) electrons. The molecule has 0 aliphatic carbocycles. The van der Waals surface area contributed by atoms with E-state index in [1.165, 1.54) is 16.8 Å². The molecule has 0 fully saturated rings. The Morgan fingerprint density at radius 3 is 2.82 bits per heavy atom. The van der Waals surface area contributed by atoms with Gasteiger partial charge in [-0.3, -0.25) is 14.2 Å². The van der Waals surface area contributed by atoms with Gasteiger partial charge in [-0.05, 0) is 36.8 Å². The van der Waals surface area contributed by atoms with Gasteiger partial charge in [0.05, 0.1) is 12.9 Å². The third kappa shape index (κ3) is 3.85. The summed E-state index contributed by atoms with van der Waals surface area (Å²) in [6.07, 6.45) is 7.78. The van der Waals surface area contributed by atoms with Crippen molar-refractivity contribution in [1.82, 2.24) is 14.1 Å². The third-order valence-electron chi connectivity index (χ3n) is 4.37. The smallest absolute Gasteiger partial charge is 0.253 e. The van der Waals surface area contributed by atoms with Crippen LogP contribution < -0.4 is 15.6 Å². The van der Waals surface area contributed by atoms with Gasteiger partial charge < -0.3 is 14.6 Å². The summed E-state index contributed by atoms with van der Waals surface area (Å²) in [5.74, 6) is 0.893. The van der Waals surface area contributed by atoms with Gasteiger partial charge in [0, 0.05) is 36.9 Å². The lowest BCUT2D eigenvalue weighted by Gasteiger charge is -2.13. The van der Waals surface area contributed by atoms with Gasteiger partial charge in [0.25, 0.3) is 11.5 Å². The molecule has 1 aromatic carbocycles. The maximum Gasteiger partial charge on any atom is 0.253 e. The number of rotatable bonds is 7. The first kappa shape index (κ1) is 17.7. The molecule has 2 aromatic heterocycles. The van der Waals surface area contributed by atoms with Crippen LogP contribution in [0.1, 0.15) is 12.5 Å². The number of benzene rings is 1. The summed E-state index contributed by atoms with van der Waals surface area (Å²) in [7, 11) is 0. The minimum Gasteiger partial charge on any atom is -0.494 e. The highest BCUT2D eigenvalue weighted by Gasteiger charge is 2.25. The van der Waals surface area contributed by atoms with Gasteiger partial charge in [-0.25, -0.2) is 9.98 Å². The van der Waals surface area contributed by atoms with Gasteiger partial charge >= 0.3 is 0 Å². The number of hydrogen-bond donors (Lipinski definition) is 1. The zero-order valence-corrected chi connectivity index (χ0v) is 15.1. The Bertz CT molecular complexity index is 1040. The average molecular weight is 377 g/mol. The maximum atomic E-state index is 12.5. The summed E-state index contributed by atoms with van der Waals surface area (Å²) in [4.78, 5) is 32.7. The van der Waals surface area contributed by atoms with Crippen LogP contribution in [0.2, 0.25) is 0 Å². The molecular weight excluding hydrogens is 358 g/mol. The highest BCUT2D eigenvalue weighted by molar-refractivity contribution is 6.05. The number of fused-ring (bicyclic) bond motifs is 1. The predicted octanol–water partition coefficient (Wildman–Crippen LogP) is 2.41. The molecule has 1 aliphatic rings.